The first kappa shape index (κ1) is 19.7. The number of fused-ring (bicyclic) bond motifs is 1. The summed E-state index contributed by atoms with van der Waals surface area (Å²) in [6.07, 6.45) is 3.72. The number of piperidine rings is 1. The van der Waals surface area contributed by atoms with Crippen LogP contribution in [-0.4, -0.2) is 75.9 Å². The predicted molar refractivity (Wildman–Crippen MR) is 116 cm³/mol. The zero-order valence-electron chi connectivity index (χ0n) is 17.8. The Kier molecular flexibility index (Phi) is 4.93. The summed E-state index contributed by atoms with van der Waals surface area (Å²) in [4.78, 5) is 30.1. The minimum Gasteiger partial charge on any atom is -0.375 e. The van der Waals surface area contributed by atoms with E-state index in [1.54, 1.807) is 13.3 Å². The largest absolute Gasteiger partial charge is 0.375 e. The van der Waals surface area contributed by atoms with Gasteiger partial charge < -0.3 is 19.9 Å². The van der Waals surface area contributed by atoms with Crippen molar-refractivity contribution < 1.29 is 9.53 Å². The van der Waals surface area contributed by atoms with E-state index in [4.69, 9.17) is 14.7 Å². The third-order valence-electron chi connectivity index (χ3n) is 6.20. The number of nitrogens with one attached hydrogen (secondary N) is 2. The van der Waals surface area contributed by atoms with E-state index in [0.29, 0.717) is 17.4 Å². The van der Waals surface area contributed by atoms with Crippen LogP contribution in [0.3, 0.4) is 0 Å². The highest BCUT2D eigenvalue weighted by atomic mass is 16.5. The Morgan fingerprint density at radius 2 is 2.10 bits per heavy atom. The van der Waals surface area contributed by atoms with Crippen LogP contribution < -0.4 is 10.2 Å². The van der Waals surface area contributed by atoms with Crippen LogP contribution in [0.4, 0.5) is 17.6 Å². The van der Waals surface area contributed by atoms with Gasteiger partial charge in [-0.2, -0.15) is 15.1 Å². The molecular formula is C21H26N8O2. The van der Waals surface area contributed by atoms with Gasteiger partial charge in [-0.1, -0.05) is 0 Å². The monoisotopic (exact) mass is 422 g/mol. The number of aromatic nitrogens is 5. The highest BCUT2D eigenvalue weighted by Gasteiger charge is 2.46. The molecule has 2 N–H and O–H groups in total. The van der Waals surface area contributed by atoms with Crippen molar-refractivity contribution in [3.63, 3.8) is 0 Å². The highest BCUT2D eigenvalue weighted by molar-refractivity contribution is 5.89. The first-order valence-electron chi connectivity index (χ1n) is 10.5. The Labute approximate surface area is 180 Å². The van der Waals surface area contributed by atoms with Crippen molar-refractivity contribution >= 4 is 34.5 Å². The molecule has 5 heterocycles. The SMILES string of the molecule is COCC(=O)N1CCC2(CC1)CN(c1nc(Nc3cc(C)n[nH]3)c3cccnc3n1)C2. The quantitative estimate of drug-likeness (QED) is 0.641. The highest BCUT2D eigenvalue weighted by Crippen LogP contribution is 2.42. The number of H-pyrrole nitrogens is 1. The summed E-state index contributed by atoms with van der Waals surface area (Å²) in [7, 11) is 1.56. The molecule has 3 aromatic rings. The molecule has 3 aromatic heterocycles. The van der Waals surface area contributed by atoms with Gasteiger partial charge in [0.05, 0.1) is 11.1 Å². The van der Waals surface area contributed by atoms with E-state index in [1.165, 1.54) is 0 Å². The molecule has 0 unspecified atom stereocenters. The molecule has 0 saturated carbocycles. The summed E-state index contributed by atoms with van der Waals surface area (Å²) < 4.78 is 4.98. The Morgan fingerprint density at radius 3 is 2.81 bits per heavy atom. The Morgan fingerprint density at radius 1 is 1.29 bits per heavy atom. The van der Waals surface area contributed by atoms with Gasteiger partial charge in [0, 0.05) is 51.0 Å². The average Bonchev–Trinajstić information content (AvgIpc) is 3.16. The number of anilines is 3. The van der Waals surface area contributed by atoms with Gasteiger partial charge in [-0.05, 0) is 31.9 Å². The summed E-state index contributed by atoms with van der Waals surface area (Å²) >= 11 is 0. The van der Waals surface area contributed by atoms with Crippen LogP contribution in [0.2, 0.25) is 0 Å². The third kappa shape index (κ3) is 3.78. The normalized spacial score (nSPS) is 17.7. The number of aromatic amines is 1. The second-order valence-electron chi connectivity index (χ2n) is 8.46. The third-order valence-corrected chi connectivity index (χ3v) is 6.20. The zero-order chi connectivity index (χ0) is 21.4. The predicted octanol–water partition coefficient (Wildman–Crippen LogP) is 1.88. The number of amides is 1. The van der Waals surface area contributed by atoms with E-state index in [9.17, 15) is 4.79 Å². The smallest absolute Gasteiger partial charge is 0.248 e. The van der Waals surface area contributed by atoms with Gasteiger partial charge in [-0.3, -0.25) is 9.89 Å². The molecule has 10 nitrogen and oxygen atoms in total. The van der Waals surface area contributed by atoms with Crippen LogP contribution in [0.5, 0.6) is 0 Å². The second kappa shape index (κ2) is 7.77. The summed E-state index contributed by atoms with van der Waals surface area (Å²) in [6.45, 7) is 5.42. The molecule has 2 aliphatic rings. The molecule has 10 heteroatoms. The van der Waals surface area contributed by atoms with E-state index in [0.717, 1.165) is 55.9 Å². The minimum atomic E-state index is 0.0715. The molecule has 1 amide bonds. The van der Waals surface area contributed by atoms with Crippen molar-refractivity contribution in [1.29, 1.82) is 0 Å². The van der Waals surface area contributed by atoms with E-state index in [1.807, 2.05) is 30.0 Å². The number of aryl methyl sites for hydroxylation is 1. The fraction of sp³-hybridized carbons (Fsp3) is 0.476. The summed E-state index contributed by atoms with van der Waals surface area (Å²) in [5.41, 5.74) is 1.78. The first-order valence-corrected chi connectivity index (χ1v) is 10.5. The molecule has 0 radical (unpaired) electrons. The standard InChI is InChI=1S/C21H26N8O2/c1-14-10-16(27-26-14)23-19-15-4-3-7-22-18(15)24-20(25-19)29-12-21(13-29)5-8-28(9-6-21)17(30)11-31-2/h3-4,7,10H,5-6,8-9,11-13H2,1-2H3,(H2,22,23,24,25,26,27). The lowest BCUT2D eigenvalue weighted by atomic mass is 9.72. The summed E-state index contributed by atoms with van der Waals surface area (Å²) in [5, 5.41) is 11.3. The number of nitrogens with zero attached hydrogens (tertiary/aromatic N) is 6. The number of hydrogen-bond acceptors (Lipinski definition) is 8. The van der Waals surface area contributed by atoms with Crippen LogP contribution in [0.25, 0.3) is 11.0 Å². The lowest BCUT2D eigenvalue weighted by molar-refractivity contribution is -0.137. The number of methoxy groups -OCH3 is 1. The molecule has 0 atom stereocenters. The first-order chi connectivity index (χ1) is 15.0. The fourth-order valence-electron chi connectivity index (χ4n) is 4.47. The lowest BCUT2D eigenvalue weighted by Crippen LogP contribution is -2.61. The van der Waals surface area contributed by atoms with E-state index in [-0.39, 0.29) is 17.9 Å². The van der Waals surface area contributed by atoms with E-state index >= 15 is 0 Å². The van der Waals surface area contributed by atoms with Crippen LogP contribution in [0, 0.1) is 12.3 Å². The van der Waals surface area contributed by atoms with Gasteiger partial charge in [-0.25, -0.2) is 4.98 Å². The molecule has 2 saturated heterocycles. The van der Waals surface area contributed by atoms with Gasteiger partial charge in [0.15, 0.2) is 5.65 Å². The molecule has 2 aliphatic heterocycles. The number of likely N-dealkylation sites (tertiary alicyclic amines) is 1. The van der Waals surface area contributed by atoms with Crippen molar-refractivity contribution in [2.24, 2.45) is 5.41 Å². The van der Waals surface area contributed by atoms with E-state index in [2.05, 4.69) is 25.4 Å². The Hall–Kier alpha value is -3.27. The number of carbonyl (C=O) groups excluding carboxylic acids is 1. The number of pyridine rings is 1. The van der Waals surface area contributed by atoms with Crippen molar-refractivity contribution in [1.82, 2.24) is 30.0 Å². The maximum Gasteiger partial charge on any atom is 0.248 e. The number of carbonyl (C=O) groups is 1. The second-order valence-corrected chi connectivity index (χ2v) is 8.46. The molecule has 1 spiro atoms. The van der Waals surface area contributed by atoms with Gasteiger partial charge in [0.2, 0.25) is 11.9 Å². The van der Waals surface area contributed by atoms with Crippen molar-refractivity contribution in [2.75, 3.05) is 50.1 Å². The number of hydrogen-bond donors (Lipinski definition) is 2. The van der Waals surface area contributed by atoms with Gasteiger partial charge in [0.25, 0.3) is 0 Å². The van der Waals surface area contributed by atoms with Crippen LogP contribution in [0.15, 0.2) is 24.4 Å². The van der Waals surface area contributed by atoms with Crippen LogP contribution >= 0.6 is 0 Å². The summed E-state index contributed by atoms with van der Waals surface area (Å²) in [6, 6.07) is 5.77. The number of rotatable bonds is 5. The maximum atomic E-state index is 12.1. The lowest BCUT2D eigenvalue weighted by Gasteiger charge is -2.54. The van der Waals surface area contributed by atoms with Crippen molar-refractivity contribution in [2.45, 2.75) is 19.8 Å². The number of ether oxygens (including phenoxy) is 1. The average molecular weight is 422 g/mol. The molecular weight excluding hydrogens is 396 g/mol. The molecule has 162 valence electrons. The zero-order valence-corrected chi connectivity index (χ0v) is 17.8. The maximum absolute atomic E-state index is 12.1. The van der Waals surface area contributed by atoms with Gasteiger partial charge >= 0.3 is 0 Å². The van der Waals surface area contributed by atoms with E-state index < -0.39 is 0 Å². The molecule has 0 aromatic carbocycles. The molecule has 0 bridgehead atoms. The molecule has 31 heavy (non-hydrogen) atoms. The fourth-order valence-corrected chi connectivity index (χ4v) is 4.47. The van der Waals surface area contributed by atoms with Crippen LogP contribution in [0.1, 0.15) is 18.5 Å². The van der Waals surface area contributed by atoms with Crippen molar-refractivity contribution in [3.8, 4) is 0 Å². The Balaban J connectivity index is 1.32. The molecule has 2 fully saturated rings. The Bertz CT molecular complexity index is 1100. The van der Waals surface area contributed by atoms with Gasteiger partial charge in [-0.15, -0.1) is 0 Å². The molecule has 0 aliphatic carbocycles. The molecule has 5 rings (SSSR count). The minimum absolute atomic E-state index is 0.0715. The van der Waals surface area contributed by atoms with Crippen LogP contribution in [-0.2, 0) is 9.53 Å². The van der Waals surface area contributed by atoms with Crippen molar-refractivity contribution in [3.05, 3.63) is 30.1 Å². The topological polar surface area (TPSA) is 112 Å². The van der Waals surface area contributed by atoms with Gasteiger partial charge in [0.1, 0.15) is 18.2 Å². The summed E-state index contributed by atoms with van der Waals surface area (Å²) in [5.74, 6) is 2.23.